The average Bonchev–Trinajstić information content (AvgIpc) is 2.31. The molecule has 5 heteroatoms. The van der Waals surface area contributed by atoms with E-state index in [1.54, 1.807) is 0 Å². The maximum atomic E-state index is 11.6. The van der Waals surface area contributed by atoms with Gasteiger partial charge in [-0.25, -0.2) is 12.8 Å². The first-order valence-corrected chi connectivity index (χ1v) is 5.93. The van der Waals surface area contributed by atoms with Crippen molar-refractivity contribution in [1.82, 2.24) is 5.32 Å². The summed E-state index contributed by atoms with van der Waals surface area (Å²) in [6.45, 7) is 0.569. The van der Waals surface area contributed by atoms with Crippen LogP contribution >= 0.6 is 0 Å². The SMILES string of the molecule is O=S1(=O)CCC(CNCCF)C1. The Morgan fingerprint density at radius 1 is 1.50 bits per heavy atom. The number of sulfone groups is 1. The summed E-state index contributed by atoms with van der Waals surface area (Å²) in [6.07, 6.45) is 0.724. The molecule has 0 spiro atoms. The Kier molecular flexibility index (Phi) is 3.46. The smallest absolute Gasteiger partial charge is 0.150 e. The van der Waals surface area contributed by atoms with Gasteiger partial charge in [-0.2, -0.15) is 0 Å². The molecule has 0 saturated carbocycles. The Labute approximate surface area is 72.3 Å². The molecule has 1 heterocycles. The van der Waals surface area contributed by atoms with Crippen molar-refractivity contribution < 1.29 is 12.8 Å². The lowest BCUT2D eigenvalue weighted by molar-refractivity contribution is 0.442. The molecule has 72 valence electrons. The van der Waals surface area contributed by atoms with Crippen molar-refractivity contribution >= 4 is 9.84 Å². The first kappa shape index (κ1) is 9.92. The van der Waals surface area contributed by atoms with Gasteiger partial charge in [-0.15, -0.1) is 0 Å². The molecule has 1 fully saturated rings. The van der Waals surface area contributed by atoms with Crippen LogP contribution in [0.15, 0.2) is 0 Å². The largest absolute Gasteiger partial charge is 0.314 e. The predicted molar refractivity (Wildman–Crippen MR) is 45.6 cm³/mol. The van der Waals surface area contributed by atoms with Crippen LogP contribution in [0.1, 0.15) is 6.42 Å². The molecule has 0 amide bonds. The molecule has 0 radical (unpaired) electrons. The van der Waals surface area contributed by atoms with Gasteiger partial charge >= 0.3 is 0 Å². The highest BCUT2D eigenvalue weighted by molar-refractivity contribution is 7.91. The predicted octanol–water partition coefficient (Wildman–Crippen LogP) is -0.0198. The Bertz CT molecular complexity index is 228. The van der Waals surface area contributed by atoms with Crippen LogP contribution in [0.25, 0.3) is 0 Å². The van der Waals surface area contributed by atoms with Crippen molar-refractivity contribution in [3.05, 3.63) is 0 Å². The molecule has 1 aliphatic rings. The van der Waals surface area contributed by atoms with E-state index in [-0.39, 0.29) is 18.3 Å². The second-order valence-electron chi connectivity index (χ2n) is 3.16. The summed E-state index contributed by atoms with van der Waals surface area (Å²) < 4.78 is 33.6. The van der Waals surface area contributed by atoms with Gasteiger partial charge in [-0.1, -0.05) is 0 Å². The van der Waals surface area contributed by atoms with E-state index in [9.17, 15) is 12.8 Å². The van der Waals surface area contributed by atoms with Crippen LogP contribution in [-0.2, 0) is 9.84 Å². The lowest BCUT2D eigenvalue weighted by atomic mass is 10.1. The molecule has 0 aromatic rings. The van der Waals surface area contributed by atoms with Crippen LogP contribution in [0.4, 0.5) is 4.39 Å². The third-order valence-corrected chi connectivity index (χ3v) is 3.87. The lowest BCUT2D eigenvalue weighted by Gasteiger charge is -2.06. The van der Waals surface area contributed by atoms with Gasteiger partial charge in [0.05, 0.1) is 11.5 Å². The average molecular weight is 195 g/mol. The second-order valence-corrected chi connectivity index (χ2v) is 5.39. The molecule has 0 aromatic heterocycles. The molecule has 12 heavy (non-hydrogen) atoms. The number of rotatable bonds is 4. The fourth-order valence-electron chi connectivity index (χ4n) is 1.41. The molecular formula is C7H14FNO2S. The lowest BCUT2D eigenvalue weighted by Crippen LogP contribution is -2.25. The number of hydrogen-bond acceptors (Lipinski definition) is 3. The maximum Gasteiger partial charge on any atom is 0.150 e. The fraction of sp³-hybridized carbons (Fsp3) is 1.00. The number of hydrogen-bond donors (Lipinski definition) is 1. The minimum atomic E-state index is -2.77. The van der Waals surface area contributed by atoms with Gasteiger partial charge < -0.3 is 5.32 Å². The van der Waals surface area contributed by atoms with Gasteiger partial charge in [0, 0.05) is 6.54 Å². The van der Waals surface area contributed by atoms with Gasteiger partial charge in [0.25, 0.3) is 0 Å². The summed E-state index contributed by atoms with van der Waals surface area (Å²) in [4.78, 5) is 0. The van der Waals surface area contributed by atoms with E-state index in [1.165, 1.54) is 0 Å². The van der Waals surface area contributed by atoms with E-state index in [1.807, 2.05) is 0 Å². The van der Waals surface area contributed by atoms with E-state index < -0.39 is 9.84 Å². The normalized spacial score (nSPS) is 27.6. The summed E-state index contributed by atoms with van der Waals surface area (Å²) in [5.41, 5.74) is 0. The fourth-order valence-corrected chi connectivity index (χ4v) is 3.27. The van der Waals surface area contributed by atoms with Crippen molar-refractivity contribution in [1.29, 1.82) is 0 Å². The summed E-state index contributed by atoms with van der Waals surface area (Å²) in [5, 5.41) is 2.88. The van der Waals surface area contributed by atoms with E-state index in [4.69, 9.17) is 0 Å². The molecule has 1 saturated heterocycles. The number of halogens is 1. The number of nitrogens with one attached hydrogen (secondary N) is 1. The summed E-state index contributed by atoms with van der Waals surface area (Å²) in [5.74, 6) is 0.767. The minimum Gasteiger partial charge on any atom is -0.314 e. The topological polar surface area (TPSA) is 46.2 Å². The molecule has 0 aliphatic carbocycles. The Morgan fingerprint density at radius 2 is 2.25 bits per heavy atom. The van der Waals surface area contributed by atoms with Gasteiger partial charge in [0.15, 0.2) is 9.84 Å². The minimum absolute atomic E-state index is 0.196. The molecule has 3 nitrogen and oxygen atoms in total. The molecule has 1 rings (SSSR count). The molecule has 1 N–H and O–H groups in total. The molecule has 1 aliphatic heterocycles. The maximum absolute atomic E-state index is 11.6. The van der Waals surface area contributed by atoms with Gasteiger partial charge in [0.2, 0.25) is 0 Å². The van der Waals surface area contributed by atoms with Crippen LogP contribution in [0.2, 0.25) is 0 Å². The zero-order chi connectivity index (χ0) is 9.03. The van der Waals surface area contributed by atoms with Gasteiger partial charge in [-0.05, 0) is 18.9 Å². The summed E-state index contributed by atoms with van der Waals surface area (Å²) >= 11 is 0. The van der Waals surface area contributed by atoms with Crippen molar-refractivity contribution in [2.24, 2.45) is 5.92 Å². The Balaban J connectivity index is 2.20. The number of alkyl halides is 1. The van der Waals surface area contributed by atoms with Crippen LogP contribution < -0.4 is 5.32 Å². The summed E-state index contributed by atoms with van der Waals surface area (Å²) in [6, 6.07) is 0. The zero-order valence-corrected chi connectivity index (χ0v) is 7.74. The summed E-state index contributed by atoms with van der Waals surface area (Å²) in [7, 11) is -2.77. The Morgan fingerprint density at radius 3 is 2.75 bits per heavy atom. The van der Waals surface area contributed by atoms with Crippen LogP contribution in [-0.4, -0.2) is 39.7 Å². The molecular weight excluding hydrogens is 181 g/mol. The monoisotopic (exact) mass is 195 g/mol. The quantitative estimate of drug-likeness (QED) is 0.641. The molecule has 0 bridgehead atoms. The Hall–Kier alpha value is -0.160. The molecule has 1 atom stereocenters. The zero-order valence-electron chi connectivity index (χ0n) is 6.92. The van der Waals surface area contributed by atoms with Crippen molar-refractivity contribution in [2.75, 3.05) is 31.3 Å². The standard InChI is InChI=1S/C7H14FNO2S/c8-2-3-9-5-7-1-4-12(10,11)6-7/h7,9H,1-6H2. The highest BCUT2D eigenvalue weighted by Gasteiger charge is 2.26. The van der Waals surface area contributed by atoms with Crippen molar-refractivity contribution in [3.8, 4) is 0 Å². The molecule has 0 aromatic carbocycles. The highest BCUT2D eigenvalue weighted by atomic mass is 32.2. The van der Waals surface area contributed by atoms with Gasteiger partial charge in [-0.3, -0.25) is 0 Å². The van der Waals surface area contributed by atoms with E-state index in [0.29, 0.717) is 18.8 Å². The van der Waals surface area contributed by atoms with Gasteiger partial charge in [0.1, 0.15) is 6.67 Å². The van der Waals surface area contributed by atoms with Crippen molar-refractivity contribution in [2.45, 2.75) is 6.42 Å². The third-order valence-electron chi connectivity index (χ3n) is 2.03. The second kappa shape index (κ2) is 4.18. The first-order chi connectivity index (χ1) is 5.64. The van der Waals surface area contributed by atoms with E-state index >= 15 is 0 Å². The van der Waals surface area contributed by atoms with E-state index in [0.717, 1.165) is 6.42 Å². The van der Waals surface area contributed by atoms with E-state index in [2.05, 4.69) is 5.32 Å². The first-order valence-electron chi connectivity index (χ1n) is 4.11. The highest BCUT2D eigenvalue weighted by Crippen LogP contribution is 2.16. The molecule has 1 unspecified atom stereocenters. The third kappa shape index (κ3) is 3.06. The van der Waals surface area contributed by atoms with Crippen molar-refractivity contribution in [3.63, 3.8) is 0 Å². The van der Waals surface area contributed by atoms with Crippen LogP contribution in [0, 0.1) is 5.92 Å². The van der Waals surface area contributed by atoms with Crippen LogP contribution in [0.5, 0.6) is 0 Å². The van der Waals surface area contributed by atoms with Crippen LogP contribution in [0.3, 0.4) is 0 Å².